The zero-order chi connectivity index (χ0) is 18.3. The quantitative estimate of drug-likeness (QED) is 0.379. The van der Waals surface area contributed by atoms with Crippen LogP contribution in [0.25, 0.3) is 0 Å². The number of rotatable bonds is 6. The van der Waals surface area contributed by atoms with Crippen molar-refractivity contribution in [3.8, 4) is 5.75 Å². The maximum Gasteiger partial charge on any atom is 0.191 e. The lowest BCUT2D eigenvalue weighted by molar-refractivity contribution is 0.129. The van der Waals surface area contributed by atoms with Crippen molar-refractivity contribution in [2.75, 3.05) is 7.05 Å². The van der Waals surface area contributed by atoms with E-state index in [9.17, 15) is 0 Å². The molecule has 0 aliphatic carbocycles. The number of para-hydroxylation sites is 1. The van der Waals surface area contributed by atoms with E-state index in [0.717, 1.165) is 29.2 Å². The van der Waals surface area contributed by atoms with Crippen LogP contribution in [0.3, 0.4) is 0 Å². The summed E-state index contributed by atoms with van der Waals surface area (Å²) in [5, 5.41) is 10.5. The Morgan fingerprint density at radius 3 is 2.50 bits per heavy atom. The molecule has 0 radical (unpaired) electrons. The fourth-order valence-electron chi connectivity index (χ4n) is 2.26. The first-order valence-corrected chi connectivity index (χ1v) is 8.57. The van der Waals surface area contributed by atoms with Gasteiger partial charge in [-0.1, -0.05) is 30.3 Å². The number of nitrogens with zero attached hydrogens (tertiary/aromatic N) is 2. The first kappa shape index (κ1) is 22.3. The molecule has 0 fully saturated rings. The van der Waals surface area contributed by atoms with E-state index >= 15 is 0 Å². The Morgan fingerprint density at radius 2 is 1.88 bits per heavy atom. The van der Waals surface area contributed by atoms with E-state index in [4.69, 9.17) is 9.26 Å². The maximum absolute atomic E-state index is 6.02. The highest BCUT2D eigenvalue weighted by Crippen LogP contribution is 2.22. The molecule has 7 heteroatoms. The maximum atomic E-state index is 6.02. The van der Waals surface area contributed by atoms with Crippen molar-refractivity contribution < 1.29 is 9.26 Å². The molecule has 26 heavy (non-hydrogen) atoms. The van der Waals surface area contributed by atoms with E-state index in [0.29, 0.717) is 19.0 Å². The summed E-state index contributed by atoms with van der Waals surface area (Å²) in [6.07, 6.45) is 0.862. The molecule has 0 aliphatic rings. The van der Waals surface area contributed by atoms with Crippen molar-refractivity contribution in [1.82, 2.24) is 15.8 Å². The molecule has 0 bridgehead atoms. The predicted octanol–water partition coefficient (Wildman–Crippen LogP) is 3.90. The molecule has 0 saturated carbocycles. The molecule has 1 heterocycles. The van der Waals surface area contributed by atoms with Gasteiger partial charge in [-0.3, -0.25) is 4.99 Å². The average molecular weight is 472 g/mol. The second kappa shape index (κ2) is 10.4. The molecule has 0 saturated heterocycles. The number of benzene rings is 1. The number of aromatic nitrogens is 1. The van der Waals surface area contributed by atoms with E-state index in [1.54, 1.807) is 7.05 Å². The monoisotopic (exact) mass is 472 g/mol. The molecule has 2 aromatic rings. The molecule has 0 spiro atoms. The number of ether oxygens (including phenoxy) is 1. The molecule has 1 aromatic carbocycles. The minimum Gasteiger partial charge on any atom is -0.488 e. The zero-order valence-corrected chi connectivity index (χ0v) is 18.5. The van der Waals surface area contributed by atoms with Gasteiger partial charge in [0.2, 0.25) is 0 Å². The molecule has 1 aromatic heterocycles. The van der Waals surface area contributed by atoms with Crippen LogP contribution in [-0.2, 0) is 19.5 Å². The van der Waals surface area contributed by atoms with Crippen LogP contribution in [0, 0.1) is 0 Å². The molecule has 0 amide bonds. The summed E-state index contributed by atoms with van der Waals surface area (Å²) in [6.45, 7) is 9.32. The Morgan fingerprint density at radius 1 is 1.19 bits per heavy atom. The Labute approximate surface area is 172 Å². The average Bonchev–Trinajstić information content (AvgIpc) is 3.03. The van der Waals surface area contributed by atoms with Crippen molar-refractivity contribution in [3.63, 3.8) is 0 Å². The Balaban J connectivity index is 0.00000338. The number of hydrogen-bond donors (Lipinski definition) is 2. The lowest BCUT2D eigenvalue weighted by Crippen LogP contribution is -2.36. The van der Waals surface area contributed by atoms with Gasteiger partial charge in [0, 0.05) is 25.2 Å². The van der Waals surface area contributed by atoms with E-state index in [-0.39, 0.29) is 29.6 Å². The van der Waals surface area contributed by atoms with Crippen molar-refractivity contribution in [2.24, 2.45) is 4.99 Å². The van der Waals surface area contributed by atoms with Gasteiger partial charge in [0.15, 0.2) is 11.7 Å². The fraction of sp³-hybridized carbons (Fsp3) is 0.474. The lowest BCUT2D eigenvalue weighted by Gasteiger charge is -2.23. The third kappa shape index (κ3) is 7.23. The number of guanidine groups is 1. The smallest absolute Gasteiger partial charge is 0.191 e. The van der Waals surface area contributed by atoms with E-state index in [2.05, 4.69) is 20.8 Å². The van der Waals surface area contributed by atoms with Gasteiger partial charge < -0.3 is 19.9 Å². The third-order valence-electron chi connectivity index (χ3n) is 3.46. The van der Waals surface area contributed by atoms with Crippen molar-refractivity contribution in [1.29, 1.82) is 0 Å². The van der Waals surface area contributed by atoms with Gasteiger partial charge in [-0.2, -0.15) is 0 Å². The Hall–Kier alpha value is -1.77. The Kier molecular flexibility index (Phi) is 8.91. The largest absolute Gasteiger partial charge is 0.488 e. The summed E-state index contributed by atoms with van der Waals surface area (Å²) in [7, 11) is 1.74. The number of hydrogen-bond acceptors (Lipinski definition) is 4. The van der Waals surface area contributed by atoms with Crippen LogP contribution in [0.4, 0.5) is 0 Å². The van der Waals surface area contributed by atoms with Crippen molar-refractivity contribution in [2.45, 2.75) is 52.8 Å². The van der Waals surface area contributed by atoms with Crippen LogP contribution in [0.1, 0.15) is 44.7 Å². The summed E-state index contributed by atoms with van der Waals surface area (Å²) in [4.78, 5) is 4.24. The van der Waals surface area contributed by atoms with Gasteiger partial charge in [-0.05, 0) is 33.3 Å². The van der Waals surface area contributed by atoms with Crippen LogP contribution < -0.4 is 15.4 Å². The molecule has 0 unspecified atom stereocenters. The minimum atomic E-state index is -0.237. The van der Waals surface area contributed by atoms with E-state index < -0.39 is 0 Å². The summed E-state index contributed by atoms with van der Waals surface area (Å²) in [5.74, 6) is 2.36. The Bertz CT molecular complexity index is 708. The predicted molar refractivity (Wildman–Crippen MR) is 115 cm³/mol. The normalized spacial score (nSPS) is 11.7. The van der Waals surface area contributed by atoms with Crippen LogP contribution in [-0.4, -0.2) is 23.8 Å². The zero-order valence-electron chi connectivity index (χ0n) is 16.1. The summed E-state index contributed by atoms with van der Waals surface area (Å²) >= 11 is 0. The lowest BCUT2D eigenvalue weighted by atomic mass is 10.1. The molecule has 6 nitrogen and oxygen atoms in total. The second-order valence-electron chi connectivity index (χ2n) is 6.74. The summed E-state index contributed by atoms with van der Waals surface area (Å²) in [5.41, 5.74) is 1.79. The first-order valence-electron chi connectivity index (χ1n) is 8.57. The molecule has 0 atom stereocenters. The molecular weight excluding hydrogens is 443 g/mol. The second-order valence-corrected chi connectivity index (χ2v) is 6.74. The number of aliphatic imine (C=N–C) groups is 1. The fourth-order valence-corrected chi connectivity index (χ4v) is 2.26. The number of aryl methyl sites for hydroxylation is 1. The highest BCUT2D eigenvalue weighted by molar-refractivity contribution is 14.0. The molecular formula is C19H29IN4O2. The van der Waals surface area contributed by atoms with Gasteiger partial charge in [-0.25, -0.2) is 0 Å². The standard InChI is InChI=1S/C19H28N4O2.HI/c1-6-15-11-16(25-23-15)13-22-18(20-5)21-12-14-9-7-8-10-17(14)24-19(2,3)4;/h7-11H,6,12-13H2,1-5H3,(H2,20,21,22);1H. The highest BCUT2D eigenvalue weighted by atomic mass is 127. The molecule has 2 N–H and O–H groups in total. The van der Waals surface area contributed by atoms with E-state index in [1.165, 1.54) is 0 Å². The number of halogens is 1. The van der Waals surface area contributed by atoms with Gasteiger partial charge in [0.1, 0.15) is 11.4 Å². The molecule has 144 valence electrons. The highest BCUT2D eigenvalue weighted by Gasteiger charge is 2.14. The van der Waals surface area contributed by atoms with Crippen LogP contribution in [0.15, 0.2) is 39.8 Å². The SMILES string of the molecule is CCc1cc(CNC(=NC)NCc2ccccc2OC(C)(C)C)on1.I. The van der Waals surface area contributed by atoms with Crippen LogP contribution >= 0.6 is 24.0 Å². The van der Waals surface area contributed by atoms with Gasteiger partial charge >= 0.3 is 0 Å². The summed E-state index contributed by atoms with van der Waals surface area (Å²) < 4.78 is 11.3. The van der Waals surface area contributed by atoms with Gasteiger partial charge in [0.25, 0.3) is 0 Å². The topological polar surface area (TPSA) is 71.7 Å². The van der Waals surface area contributed by atoms with Gasteiger partial charge in [-0.15, -0.1) is 24.0 Å². The van der Waals surface area contributed by atoms with Gasteiger partial charge in [0.05, 0.1) is 12.2 Å². The first-order chi connectivity index (χ1) is 11.9. The molecule has 0 aliphatic heterocycles. The number of nitrogens with one attached hydrogen (secondary N) is 2. The van der Waals surface area contributed by atoms with Crippen molar-refractivity contribution >= 4 is 29.9 Å². The van der Waals surface area contributed by atoms with E-state index in [1.807, 2.05) is 58.0 Å². The summed E-state index contributed by atoms with van der Waals surface area (Å²) in [6, 6.07) is 9.97. The van der Waals surface area contributed by atoms with Crippen molar-refractivity contribution in [3.05, 3.63) is 47.3 Å². The van der Waals surface area contributed by atoms with Crippen LogP contribution in [0.2, 0.25) is 0 Å². The van der Waals surface area contributed by atoms with Crippen LogP contribution in [0.5, 0.6) is 5.75 Å². The molecule has 2 rings (SSSR count). The third-order valence-corrected chi connectivity index (χ3v) is 3.46. The minimum absolute atomic E-state index is 0.